The highest BCUT2D eigenvalue weighted by Gasteiger charge is 2.56. The van der Waals surface area contributed by atoms with Crippen LogP contribution in [0.4, 0.5) is 4.39 Å². The molecule has 0 aromatic heterocycles. The predicted octanol–water partition coefficient (Wildman–Crippen LogP) is 2.12. The van der Waals surface area contributed by atoms with Crippen LogP contribution in [0.2, 0.25) is 0 Å². The molecule has 0 radical (unpaired) electrons. The SMILES string of the molecule is O=C(CNC12CC3CC(CC(O)(C3)C1)C2)NCc1ccc(F)cc1. The van der Waals surface area contributed by atoms with Crippen molar-refractivity contribution in [3.8, 4) is 0 Å². The van der Waals surface area contributed by atoms with Gasteiger partial charge < -0.3 is 15.7 Å². The van der Waals surface area contributed by atoms with Crippen molar-refractivity contribution in [1.29, 1.82) is 0 Å². The number of amides is 1. The summed E-state index contributed by atoms with van der Waals surface area (Å²) in [6.07, 6.45) is 6.04. The monoisotopic (exact) mass is 332 g/mol. The van der Waals surface area contributed by atoms with Crippen molar-refractivity contribution < 1.29 is 14.3 Å². The number of benzene rings is 1. The van der Waals surface area contributed by atoms with E-state index in [-0.39, 0.29) is 23.8 Å². The summed E-state index contributed by atoms with van der Waals surface area (Å²) in [7, 11) is 0. The van der Waals surface area contributed by atoms with Gasteiger partial charge in [-0.1, -0.05) is 12.1 Å². The summed E-state index contributed by atoms with van der Waals surface area (Å²) in [6, 6.07) is 6.15. The predicted molar refractivity (Wildman–Crippen MR) is 88.6 cm³/mol. The third-order valence-electron chi connectivity index (χ3n) is 6.06. The van der Waals surface area contributed by atoms with E-state index < -0.39 is 5.60 Å². The van der Waals surface area contributed by atoms with E-state index >= 15 is 0 Å². The lowest BCUT2D eigenvalue weighted by Gasteiger charge is -2.60. The van der Waals surface area contributed by atoms with Crippen LogP contribution < -0.4 is 10.6 Å². The van der Waals surface area contributed by atoms with Crippen LogP contribution in [0.5, 0.6) is 0 Å². The number of halogens is 1. The van der Waals surface area contributed by atoms with Gasteiger partial charge in [-0.3, -0.25) is 4.79 Å². The van der Waals surface area contributed by atoms with Crippen LogP contribution >= 0.6 is 0 Å². The van der Waals surface area contributed by atoms with Crippen molar-refractivity contribution in [1.82, 2.24) is 10.6 Å². The highest BCUT2D eigenvalue weighted by atomic mass is 19.1. The fourth-order valence-electron chi connectivity index (χ4n) is 5.55. The van der Waals surface area contributed by atoms with Crippen molar-refractivity contribution >= 4 is 5.91 Å². The fourth-order valence-corrected chi connectivity index (χ4v) is 5.55. The normalized spacial score (nSPS) is 36.8. The maximum atomic E-state index is 12.9. The van der Waals surface area contributed by atoms with Crippen LogP contribution in [0.3, 0.4) is 0 Å². The topological polar surface area (TPSA) is 61.4 Å². The maximum Gasteiger partial charge on any atom is 0.234 e. The van der Waals surface area contributed by atoms with Gasteiger partial charge in [-0.25, -0.2) is 4.39 Å². The molecule has 4 aliphatic rings. The van der Waals surface area contributed by atoms with Gasteiger partial charge in [0.05, 0.1) is 12.1 Å². The summed E-state index contributed by atoms with van der Waals surface area (Å²) in [5.41, 5.74) is 0.308. The summed E-state index contributed by atoms with van der Waals surface area (Å²) >= 11 is 0. The lowest BCUT2D eigenvalue weighted by Crippen LogP contribution is -2.65. The molecule has 5 heteroatoms. The Morgan fingerprint density at radius 2 is 1.83 bits per heavy atom. The number of hydrogen-bond donors (Lipinski definition) is 3. The van der Waals surface area contributed by atoms with Crippen LogP contribution in [-0.2, 0) is 11.3 Å². The molecule has 4 fully saturated rings. The summed E-state index contributed by atoms with van der Waals surface area (Å²) in [4.78, 5) is 12.1. The van der Waals surface area contributed by atoms with E-state index in [1.807, 2.05) is 0 Å². The molecule has 24 heavy (non-hydrogen) atoms. The fraction of sp³-hybridized carbons (Fsp3) is 0.632. The van der Waals surface area contributed by atoms with E-state index in [1.165, 1.54) is 18.6 Å². The van der Waals surface area contributed by atoms with E-state index in [0.29, 0.717) is 18.4 Å². The quantitative estimate of drug-likeness (QED) is 0.774. The smallest absolute Gasteiger partial charge is 0.234 e. The van der Waals surface area contributed by atoms with Crippen LogP contribution in [0.1, 0.15) is 44.1 Å². The van der Waals surface area contributed by atoms with Gasteiger partial charge in [-0.2, -0.15) is 0 Å². The molecule has 4 nitrogen and oxygen atoms in total. The van der Waals surface area contributed by atoms with Gasteiger partial charge in [-0.15, -0.1) is 0 Å². The molecule has 3 N–H and O–H groups in total. The summed E-state index contributed by atoms with van der Waals surface area (Å²) in [6.45, 7) is 0.680. The molecule has 2 unspecified atom stereocenters. The molecule has 4 saturated carbocycles. The van der Waals surface area contributed by atoms with Crippen LogP contribution in [-0.4, -0.2) is 28.7 Å². The molecule has 1 aromatic carbocycles. The molecule has 5 rings (SSSR count). The van der Waals surface area contributed by atoms with Gasteiger partial charge in [0.25, 0.3) is 0 Å². The number of hydrogen-bond acceptors (Lipinski definition) is 3. The van der Waals surface area contributed by atoms with E-state index in [2.05, 4.69) is 10.6 Å². The van der Waals surface area contributed by atoms with Gasteiger partial charge in [0.2, 0.25) is 5.91 Å². The number of rotatable bonds is 5. The highest BCUT2D eigenvalue weighted by molar-refractivity contribution is 5.78. The van der Waals surface area contributed by atoms with Gasteiger partial charge in [0.15, 0.2) is 0 Å². The number of carbonyl (C=O) groups is 1. The molecule has 0 spiro atoms. The molecule has 0 saturated heterocycles. The van der Waals surface area contributed by atoms with E-state index in [4.69, 9.17) is 0 Å². The van der Waals surface area contributed by atoms with Crippen LogP contribution in [0.25, 0.3) is 0 Å². The molecule has 0 heterocycles. The largest absolute Gasteiger partial charge is 0.390 e. The maximum absolute atomic E-state index is 12.9. The number of carbonyl (C=O) groups excluding carboxylic acids is 1. The molecule has 1 amide bonds. The van der Waals surface area contributed by atoms with Crippen molar-refractivity contribution in [2.24, 2.45) is 11.8 Å². The molecule has 4 aliphatic carbocycles. The van der Waals surface area contributed by atoms with Crippen molar-refractivity contribution in [3.05, 3.63) is 35.6 Å². The third kappa shape index (κ3) is 3.20. The van der Waals surface area contributed by atoms with Crippen LogP contribution in [0, 0.1) is 17.7 Å². The van der Waals surface area contributed by atoms with E-state index in [0.717, 1.165) is 37.7 Å². The Hall–Kier alpha value is -1.46. The average Bonchev–Trinajstić information content (AvgIpc) is 2.50. The Morgan fingerprint density at radius 1 is 1.17 bits per heavy atom. The molecule has 4 bridgehead atoms. The lowest BCUT2D eigenvalue weighted by molar-refractivity contribution is -0.144. The molecule has 2 atom stereocenters. The molecule has 1 aromatic rings. The van der Waals surface area contributed by atoms with Crippen molar-refractivity contribution in [2.45, 2.75) is 56.2 Å². The molecular weight excluding hydrogens is 307 g/mol. The summed E-state index contributed by atoms with van der Waals surface area (Å²) < 4.78 is 12.9. The highest BCUT2D eigenvalue weighted by Crippen LogP contribution is 2.57. The Balaban J connectivity index is 1.30. The second-order valence-electron chi connectivity index (χ2n) is 8.22. The molecular formula is C19H25FN2O2. The van der Waals surface area contributed by atoms with Gasteiger partial charge in [-0.05, 0) is 68.1 Å². The zero-order chi connectivity index (χ0) is 16.8. The first-order chi connectivity index (χ1) is 11.4. The Kier molecular flexibility index (Phi) is 3.88. The van der Waals surface area contributed by atoms with Crippen molar-refractivity contribution in [3.63, 3.8) is 0 Å². The Labute approximate surface area is 141 Å². The van der Waals surface area contributed by atoms with Crippen molar-refractivity contribution in [2.75, 3.05) is 6.54 Å². The minimum atomic E-state index is -0.512. The minimum Gasteiger partial charge on any atom is -0.390 e. The minimum absolute atomic E-state index is 0.0536. The first-order valence-electron chi connectivity index (χ1n) is 8.92. The first kappa shape index (κ1) is 16.0. The summed E-state index contributed by atoms with van der Waals surface area (Å²) in [5, 5.41) is 17.1. The van der Waals surface area contributed by atoms with Gasteiger partial charge in [0, 0.05) is 12.1 Å². The standard InChI is InChI=1S/C19H25FN2O2/c20-16-3-1-13(2-4-16)10-21-17(23)11-22-18-6-14-5-15(7-18)9-19(24,8-14)12-18/h1-4,14-15,22,24H,5-12H2,(H,21,23). The Morgan fingerprint density at radius 3 is 2.46 bits per heavy atom. The molecule has 130 valence electrons. The van der Waals surface area contributed by atoms with Gasteiger partial charge in [0.1, 0.15) is 5.82 Å². The van der Waals surface area contributed by atoms with E-state index in [9.17, 15) is 14.3 Å². The average molecular weight is 332 g/mol. The van der Waals surface area contributed by atoms with E-state index in [1.54, 1.807) is 12.1 Å². The zero-order valence-corrected chi connectivity index (χ0v) is 13.9. The third-order valence-corrected chi connectivity index (χ3v) is 6.06. The number of aliphatic hydroxyl groups is 1. The zero-order valence-electron chi connectivity index (χ0n) is 13.9. The second kappa shape index (κ2) is 5.81. The Bertz CT molecular complexity index is 617. The molecule has 0 aliphatic heterocycles. The van der Waals surface area contributed by atoms with Crippen LogP contribution in [0.15, 0.2) is 24.3 Å². The van der Waals surface area contributed by atoms with Gasteiger partial charge >= 0.3 is 0 Å². The second-order valence-corrected chi connectivity index (χ2v) is 8.22. The lowest BCUT2D eigenvalue weighted by atomic mass is 9.51. The number of nitrogens with one attached hydrogen (secondary N) is 2. The first-order valence-corrected chi connectivity index (χ1v) is 8.92. The summed E-state index contributed by atoms with van der Waals surface area (Å²) in [5.74, 6) is 0.880.